The van der Waals surface area contributed by atoms with Gasteiger partial charge in [0.1, 0.15) is 0 Å². The van der Waals surface area contributed by atoms with E-state index < -0.39 is 5.97 Å². The molecular formula is C11H19NO3. The highest BCUT2D eigenvalue weighted by molar-refractivity contribution is 5.73. The molecule has 2 unspecified atom stereocenters. The second-order valence-electron chi connectivity index (χ2n) is 4.47. The van der Waals surface area contributed by atoms with Crippen molar-refractivity contribution in [3.8, 4) is 0 Å². The van der Waals surface area contributed by atoms with Crippen molar-refractivity contribution in [2.75, 3.05) is 13.6 Å². The number of carboxylic acids is 1. The Labute approximate surface area is 90.3 Å². The molecule has 1 amide bonds. The Morgan fingerprint density at radius 3 is 2.60 bits per heavy atom. The zero-order valence-electron chi connectivity index (χ0n) is 9.40. The van der Waals surface area contributed by atoms with Crippen LogP contribution in [0.15, 0.2) is 0 Å². The summed E-state index contributed by atoms with van der Waals surface area (Å²) in [5.41, 5.74) is 0. The van der Waals surface area contributed by atoms with Crippen molar-refractivity contribution in [2.24, 2.45) is 11.8 Å². The van der Waals surface area contributed by atoms with Crippen LogP contribution in [0.5, 0.6) is 0 Å². The molecule has 0 aromatic heterocycles. The number of amides is 1. The van der Waals surface area contributed by atoms with Crippen molar-refractivity contribution >= 4 is 11.9 Å². The van der Waals surface area contributed by atoms with E-state index in [-0.39, 0.29) is 11.8 Å². The molecule has 15 heavy (non-hydrogen) atoms. The van der Waals surface area contributed by atoms with Crippen LogP contribution in [-0.4, -0.2) is 35.5 Å². The predicted octanol–water partition coefficient (Wildman–Crippen LogP) is 1.36. The molecule has 0 radical (unpaired) electrons. The SMILES string of the molecule is CC(=O)N(C)CC1CCCC(C(=O)O)C1. The Hall–Kier alpha value is -1.06. The molecule has 1 saturated carbocycles. The number of carbonyl (C=O) groups is 2. The number of aliphatic carboxylic acids is 1. The molecule has 0 heterocycles. The van der Waals surface area contributed by atoms with Crippen molar-refractivity contribution < 1.29 is 14.7 Å². The lowest BCUT2D eigenvalue weighted by Gasteiger charge is -2.29. The van der Waals surface area contributed by atoms with Gasteiger partial charge in [-0.15, -0.1) is 0 Å². The summed E-state index contributed by atoms with van der Waals surface area (Å²) in [5, 5.41) is 8.92. The minimum Gasteiger partial charge on any atom is -0.481 e. The molecule has 1 rings (SSSR count). The standard InChI is InChI=1S/C11H19NO3/c1-8(13)12(2)7-9-4-3-5-10(6-9)11(14)15/h9-10H,3-7H2,1-2H3,(H,14,15). The lowest BCUT2D eigenvalue weighted by atomic mass is 9.81. The molecule has 4 nitrogen and oxygen atoms in total. The Morgan fingerprint density at radius 2 is 2.07 bits per heavy atom. The van der Waals surface area contributed by atoms with Crippen LogP contribution in [0.1, 0.15) is 32.6 Å². The van der Waals surface area contributed by atoms with E-state index in [0.29, 0.717) is 18.9 Å². The molecule has 1 aliphatic rings. The number of carbonyl (C=O) groups excluding carboxylic acids is 1. The van der Waals surface area contributed by atoms with E-state index in [9.17, 15) is 9.59 Å². The molecule has 1 N–H and O–H groups in total. The van der Waals surface area contributed by atoms with Gasteiger partial charge in [0.25, 0.3) is 0 Å². The Balaban J connectivity index is 2.43. The van der Waals surface area contributed by atoms with Gasteiger partial charge in [-0.05, 0) is 25.2 Å². The molecule has 4 heteroatoms. The van der Waals surface area contributed by atoms with Crippen molar-refractivity contribution in [1.29, 1.82) is 0 Å². The van der Waals surface area contributed by atoms with Crippen LogP contribution in [0.2, 0.25) is 0 Å². The normalized spacial score (nSPS) is 26.0. The summed E-state index contributed by atoms with van der Waals surface area (Å²) in [6.07, 6.45) is 3.51. The second-order valence-corrected chi connectivity index (χ2v) is 4.47. The zero-order valence-corrected chi connectivity index (χ0v) is 9.40. The number of nitrogens with zero attached hydrogens (tertiary/aromatic N) is 1. The Kier molecular flexibility index (Phi) is 4.12. The molecular weight excluding hydrogens is 194 g/mol. The van der Waals surface area contributed by atoms with Gasteiger partial charge in [0, 0.05) is 20.5 Å². The van der Waals surface area contributed by atoms with Gasteiger partial charge in [-0.2, -0.15) is 0 Å². The van der Waals surface area contributed by atoms with Crippen LogP contribution < -0.4 is 0 Å². The van der Waals surface area contributed by atoms with Gasteiger partial charge in [0.05, 0.1) is 5.92 Å². The van der Waals surface area contributed by atoms with E-state index in [4.69, 9.17) is 5.11 Å². The van der Waals surface area contributed by atoms with E-state index in [1.807, 2.05) is 0 Å². The molecule has 86 valence electrons. The molecule has 1 aliphatic carbocycles. The topological polar surface area (TPSA) is 57.6 Å². The molecule has 0 aromatic rings. The lowest BCUT2D eigenvalue weighted by molar-refractivity contribution is -0.143. The molecule has 0 bridgehead atoms. The van der Waals surface area contributed by atoms with Gasteiger partial charge in [0.2, 0.25) is 5.91 Å². The number of hydrogen-bond donors (Lipinski definition) is 1. The van der Waals surface area contributed by atoms with E-state index in [2.05, 4.69) is 0 Å². The van der Waals surface area contributed by atoms with Crippen LogP contribution in [-0.2, 0) is 9.59 Å². The largest absolute Gasteiger partial charge is 0.481 e. The molecule has 0 spiro atoms. The fraction of sp³-hybridized carbons (Fsp3) is 0.818. The lowest BCUT2D eigenvalue weighted by Crippen LogP contribution is -2.33. The molecule has 0 saturated heterocycles. The number of hydrogen-bond acceptors (Lipinski definition) is 2. The maximum absolute atomic E-state index is 11.0. The van der Waals surface area contributed by atoms with Gasteiger partial charge in [-0.1, -0.05) is 6.42 Å². The first-order chi connectivity index (χ1) is 7.00. The van der Waals surface area contributed by atoms with Gasteiger partial charge in [0.15, 0.2) is 0 Å². The highest BCUT2D eigenvalue weighted by Crippen LogP contribution is 2.29. The average molecular weight is 213 g/mol. The minimum absolute atomic E-state index is 0.0486. The zero-order chi connectivity index (χ0) is 11.4. The molecule has 0 aromatic carbocycles. The van der Waals surface area contributed by atoms with Crippen molar-refractivity contribution in [1.82, 2.24) is 4.90 Å². The third-order valence-corrected chi connectivity index (χ3v) is 3.20. The van der Waals surface area contributed by atoms with Crippen LogP contribution in [0.4, 0.5) is 0 Å². The maximum Gasteiger partial charge on any atom is 0.306 e. The van der Waals surface area contributed by atoms with E-state index in [1.165, 1.54) is 6.92 Å². The Morgan fingerprint density at radius 1 is 1.40 bits per heavy atom. The smallest absolute Gasteiger partial charge is 0.306 e. The summed E-state index contributed by atoms with van der Waals surface area (Å²) < 4.78 is 0. The van der Waals surface area contributed by atoms with Crippen molar-refractivity contribution in [3.63, 3.8) is 0 Å². The van der Waals surface area contributed by atoms with Crippen molar-refractivity contribution in [3.05, 3.63) is 0 Å². The van der Waals surface area contributed by atoms with Gasteiger partial charge in [-0.3, -0.25) is 9.59 Å². The van der Waals surface area contributed by atoms with Crippen LogP contribution in [0, 0.1) is 11.8 Å². The summed E-state index contributed by atoms with van der Waals surface area (Å²) in [6, 6.07) is 0. The summed E-state index contributed by atoms with van der Waals surface area (Å²) in [5.74, 6) is -0.490. The van der Waals surface area contributed by atoms with Gasteiger partial charge < -0.3 is 10.0 Å². The average Bonchev–Trinajstić information content (AvgIpc) is 2.18. The van der Waals surface area contributed by atoms with Crippen molar-refractivity contribution in [2.45, 2.75) is 32.6 Å². The summed E-state index contributed by atoms with van der Waals surface area (Å²) in [7, 11) is 1.77. The maximum atomic E-state index is 11.0. The molecule has 2 atom stereocenters. The van der Waals surface area contributed by atoms with Crippen LogP contribution >= 0.6 is 0 Å². The predicted molar refractivity (Wildman–Crippen MR) is 56.4 cm³/mol. The van der Waals surface area contributed by atoms with Gasteiger partial charge >= 0.3 is 5.97 Å². The first-order valence-electron chi connectivity index (χ1n) is 5.45. The van der Waals surface area contributed by atoms with Crippen LogP contribution in [0.25, 0.3) is 0 Å². The fourth-order valence-corrected chi connectivity index (χ4v) is 2.20. The van der Waals surface area contributed by atoms with E-state index in [0.717, 1.165) is 19.3 Å². The third-order valence-electron chi connectivity index (χ3n) is 3.20. The van der Waals surface area contributed by atoms with E-state index >= 15 is 0 Å². The minimum atomic E-state index is -0.690. The first-order valence-corrected chi connectivity index (χ1v) is 5.45. The number of rotatable bonds is 3. The van der Waals surface area contributed by atoms with Gasteiger partial charge in [-0.25, -0.2) is 0 Å². The molecule has 0 aliphatic heterocycles. The quantitative estimate of drug-likeness (QED) is 0.770. The van der Waals surface area contributed by atoms with Crippen LogP contribution in [0.3, 0.4) is 0 Å². The second kappa shape index (κ2) is 5.14. The van der Waals surface area contributed by atoms with E-state index in [1.54, 1.807) is 11.9 Å². The fourth-order valence-electron chi connectivity index (χ4n) is 2.20. The first kappa shape index (κ1) is 12.0. The Bertz CT molecular complexity index is 250. The highest BCUT2D eigenvalue weighted by Gasteiger charge is 2.27. The monoisotopic (exact) mass is 213 g/mol. The highest BCUT2D eigenvalue weighted by atomic mass is 16.4. The summed E-state index contributed by atoms with van der Waals surface area (Å²) >= 11 is 0. The molecule has 1 fully saturated rings. The summed E-state index contributed by atoms with van der Waals surface area (Å²) in [4.78, 5) is 23.6. The number of carboxylic acid groups (broad SMARTS) is 1. The third kappa shape index (κ3) is 3.53. The summed E-state index contributed by atoms with van der Waals surface area (Å²) in [6.45, 7) is 2.23.